The smallest absolute Gasteiger partial charge is 0.337 e. The van der Waals surface area contributed by atoms with E-state index in [4.69, 9.17) is 18.9 Å². The summed E-state index contributed by atoms with van der Waals surface area (Å²) in [6, 6.07) is 14.3. The van der Waals surface area contributed by atoms with Gasteiger partial charge in [-0.3, -0.25) is 0 Å². The van der Waals surface area contributed by atoms with Gasteiger partial charge in [-0.2, -0.15) is 5.26 Å². The van der Waals surface area contributed by atoms with Crippen LogP contribution in [-0.4, -0.2) is 33.9 Å². The Morgan fingerprint density at radius 3 is 2.31 bits per heavy atom. The molecule has 2 rings (SSSR count). The van der Waals surface area contributed by atoms with Crippen molar-refractivity contribution in [2.75, 3.05) is 27.9 Å². The molecule has 2 aromatic rings. The van der Waals surface area contributed by atoms with Crippen LogP contribution in [0.2, 0.25) is 0 Å². The molecule has 6 heteroatoms. The molecule has 0 bridgehead atoms. The lowest BCUT2D eigenvalue weighted by molar-refractivity contribution is -0.138. The second-order valence-corrected chi connectivity index (χ2v) is 5.22. The Bertz CT molecular complexity index is 834. The van der Waals surface area contributed by atoms with Gasteiger partial charge in [0.05, 0.1) is 25.9 Å². The number of hydrogen-bond donors (Lipinski definition) is 0. The lowest BCUT2D eigenvalue weighted by Crippen LogP contribution is -2.13. The SMILES string of the molecule is COCC(=O)Oc1ccc(/C=C(/C#N)c2ccc(OC)c(OC)c2)cc1. The van der Waals surface area contributed by atoms with Crippen LogP contribution in [-0.2, 0) is 9.53 Å². The highest BCUT2D eigenvalue weighted by Crippen LogP contribution is 2.31. The first-order valence-electron chi connectivity index (χ1n) is 7.75. The molecule has 0 aliphatic heterocycles. The summed E-state index contributed by atoms with van der Waals surface area (Å²) < 4.78 is 20.3. The fraction of sp³-hybridized carbons (Fsp3) is 0.200. The highest BCUT2D eigenvalue weighted by Gasteiger charge is 2.08. The molecule has 134 valence electrons. The number of esters is 1. The van der Waals surface area contributed by atoms with Gasteiger partial charge in [-0.25, -0.2) is 4.79 Å². The summed E-state index contributed by atoms with van der Waals surface area (Å²) in [5, 5.41) is 9.49. The average molecular weight is 353 g/mol. The van der Waals surface area contributed by atoms with Crippen molar-refractivity contribution in [1.82, 2.24) is 0 Å². The minimum absolute atomic E-state index is 0.112. The van der Waals surface area contributed by atoms with Crippen LogP contribution < -0.4 is 14.2 Å². The summed E-state index contributed by atoms with van der Waals surface area (Å²) in [5.41, 5.74) is 1.97. The van der Waals surface area contributed by atoms with E-state index in [1.165, 1.54) is 7.11 Å². The van der Waals surface area contributed by atoms with Gasteiger partial charge in [0, 0.05) is 7.11 Å². The van der Waals surface area contributed by atoms with Gasteiger partial charge < -0.3 is 18.9 Å². The number of benzene rings is 2. The summed E-state index contributed by atoms with van der Waals surface area (Å²) in [6.07, 6.45) is 1.74. The summed E-state index contributed by atoms with van der Waals surface area (Å²) >= 11 is 0. The summed E-state index contributed by atoms with van der Waals surface area (Å²) in [6.45, 7) is -0.112. The van der Waals surface area contributed by atoms with Crippen LogP contribution in [0.5, 0.6) is 17.2 Å². The molecule has 6 nitrogen and oxygen atoms in total. The van der Waals surface area contributed by atoms with Gasteiger partial charge in [-0.1, -0.05) is 12.1 Å². The van der Waals surface area contributed by atoms with Crippen LogP contribution in [0.3, 0.4) is 0 Å². The fourth-order valence-corrected chi connectivity index (χ4v) is 2.26. The van der Waals surface area contributed by atoms with Crippen molar-refractivity contribution < 1.29 is 23.7 Å². The molecule has 0 saturated carbocycles. The van der Waals surface area contributed by atoms with E-state index < -0.39 is 5.97 Å². The van der Waals surface area contributed by atoms with Crippen molar-refractivity contribution in [1.29, 1.82) is 5.26 Å². The lowest BCUT2D eigenvalue weighted by atomic mass is 10.0. The number of ether oxygens (including phenoxy) is 4. The Balaban J connectivity index is 2.23. The minimum atomic E-state index is -0.473. The molecule has 0 aliphatic carbocycles. The zero-order chi connectivity index (χ0) is 18.9. The molecule has 0 aromatic heterocycles. The molecule has 0 amide bonds. The Hall–Kier alpha value is -3.30. The Labute approximate surface area is 152 Å². The number of allylic oxidation sites excluding steroid dienone is 1. The number of carbonyl (C=O) groups excluding carboxylic acids is 1. The molecule has 0 spiro atoms. The zero-order valence-electron chi connectivity index (χ0n) is 14.8. The molecule has 0 heterocycles. The van der Waals surface area contributed by atoms with Crippen LogP contribution in [0, 0.1) is 11.3 Å². The van der Waals surface area contributed by atoms with E-state index in [-0.39, 0.29) is 6.61 Å². The Kier molecular flexibility index (Phi) is 6.77. The van der Waals surface area contributed by atoms with Crippen LogP contribution in [0.25, 0.3) is 11.6 Å². The van der Waals surface area contributed by atoms with Gasteiger partial charge in [0.2, 0.25) is 0 Å². The van der Waals surface area contributed by atoms with Crippen molar-refractivity contribution in [3.8, 4) is 23.3 Å². The fourth-order valence-electron chi connectivity index (χ4n) is 2.26. The molecule has 26 heavy (non-hydrogen) atoms. The summed E-state index contributed by atoms with van der Waals surface area (Å²) in [7, 11) is 4.52. The molecular weight excluding hydrogens is 334 g/mol. The van der Waals surface area contributed by atoms with Crippen molar-refractivity contribution in [2.45, 2.75) is 0 Å². The minimum Gasteiger partial charge on any atom is -0.493 e. The van der Waals surface area contributed by atoms with E-state index in [9.17, 15) is 10.1 Å². The number of hydrogen-bond acceptors (Lipinski definition) is 6. The molecular formula is C20H19NO5. The molecule has 0 radical (unpaired) electrons. The van der Waals surface area contributed by atoms with E-state index >= 15 is 0 Å². The molecule has 0 aliphatic rings. The normalized spacial score (nSPS) is 10.8. The van der Waals surface area contributed by atoms with Crippen LogP contribution in [0.4, 0.5) is 0 Å². The second-order valence-electron chi connectivity index (χ2n) is 5.22. The van der Waals surface area contributed by atoms with Crippen LogP contribution >= 0.6 is 0 Å². The van der Waals surface area contributed by atoms with E-state index in [1.54, 1.807) is 62.8 Å². The van der Waals surface area contributed by atoms with E-state index in [0.717, 1.165) is 5.56 Å². The predicted octanol–water partition coefficient (Wildman–Crippen LogP) is 3.32. The largest absolute Gasteiger partial charge is 0.493 e. The Morgan fingerprint density at radius 1 is 1.04 bits per heavy atom. The van der Waals surface area contributed by atoms with Crippen molar-refractivity contribution in [3.63, 3.8) is 0 Å². The number of methoxy groups -OCH3 is 3. The first-order valence-corrected chi connectivity index (χ1v) is 7.75. The van der Waals surface area contributed by atoms with Crippen molar-refractivity contribution in [3.05, 3.63) is 53.6 Å². The number of rotatable bonds is 7. The number of nitriles is 1. The third-order valence-corrected chi connectivity index (χ3v) is 3.50. The van der Waals surface area contributed by atoms with Gasteiger partial charge in [-0.15, -0.1) is 0 Å². The maximum atomic E-state index is 11.4. The lowest BCUT2D eigenvalue weighted by Gasteiger charge is -2.09. The highest BCUT2D eigenvalue weighted by atomic mass is 16.6. The topological polar surface area (TPSA) is 77.8 Å². The Morgan fingerprint density at radius 2 is 1.73 bits per heavy atom. The molecule has 0 unspecified atom stereocenters. The summed E-state index contributed by atoms with van der Waals surface area (Å²) in [5.74, 6) is 1.08. The monoisotopic (exact) mass is 353 g/mol. The standard InChI is InChI=1S/C20H19NO5/c1-23-13-20(22)26-17-7-4-14(5-8-17)10-16(12-21)15-6-9-18(24-2)19(11-15)25-3/h4-11H,13H2,1-3H3/b16-10-. The van der Waals surface area contributed by atoms with Gasteiger partial charge in [0.1, 0.15) is 12.4 Å². The van der Waals surface area contributed by atoms with Crippen LogP contribution in [0.1, 0.15) is 11.1 Å². The van der Waals surface area contributed by atoms with Crippen LogP contribution in [0.15, 0.2) is 42.5 Å². The van der Waals surface area contributed by atoms with Gasteiger partial charge >= 0.3 is 5.97 Å². The average Bonchev–Trinajstić information content (AvgIpc) is 2.67. The van der Waals surface area contributed by atoms with Gasteiger partial charge in [0.25, 0.3) is 0 Å². The highest BCUT2D eigenvalue weighted by molar-refractivity contribution is 5.90. The third kappa shape index (κ3) is 4.85. The molecule has 2 aromatic carbocycles. The first-order chi connectivity index (χ1) is 12.6. The first kappa shape index (κ1) is 19.0. The quantitative estimate of drug-likeness (QED) is 0.329. The second kappa shape index (κ2) is 9.25. The van der Waals surface area contributed by atoms with E-state index in [0.29, 0.717) is 28.4 Å². The summed E-state index contributed by atoms with van der Waals surface area (Å²) in [4.78, 5) is 11.4. The maximum absolute atomic E-state index is 11.4. The molecule has 0 atom stereocenters. The third-order valence-electron chi connectivity index (χ3n) is 3.50. The van der Waals surface area contributed by atoms with Crippen molar-refractivity contribution >= 4 is 17.6 Å². The van der Waals surface area contributed by atoms with E-state index in [2.05, 4.69) is 6.07 Å². The van der Waals surface area contributed by atoms with E-state index in [1.807, 2.05) is 0 Å². The maximum Gasteiger partial charge on any atom is 0.337 e. The van der Waals surface area contributed by atoms with Gasteiger partial charge in [-0.05, 0) is 47.5 Å². The molecule has 0 fully saturated rings. The zero-order valence-corrected chi connectivity index (χ0v) is 14.8. The molecule has 0 saturated heterocycles. The molecule has 0 N–H and O–H groups in total. The number of nitrogens with zero attached hydrogens (tertiary/aromatic N) is 1. The van der Waals surface area contributed by atoms with Gasteiger partial charge in [0.15, 0.2) is 11.5 Å². The predicted molar refractivity (Wildman–Crippen MR) is 97.0 cm³/mol. The van der Waals surface area contributed by atoms with Crippen molar-refractivity contribution in [2.24, 2.45) is 0 Å². The number of carbonyl (C=O) groups is 1.